The maximum atomic E-state index is 12.1. The van der Waals surface area contributed by atoms with E-state index in [1.165, 1.54) is 24.3 Å². The number of aliphatic carboxylic acids is 1. The Labute approximate surface area is 133 Å². The van der Waals surface area contributed by atoms with Crippen molar-refractivity contribution in [2.75, 3.05) is 5.32 Å². The van der Waals surface area contributed by atoms with Gasteiger partial charge in [0.15, 0.2) is 5.82 Å². The molecule has 0 fully saturated rings. The van der Waals surface area contributed by atoms with Crippen LogP contribution >= 0.6 is 0 Å². The molecule has 0 atom stereocenters. The Morgan fingerprint density at radius 2 is 1.88 bits per heavy atom. The summed E-state index contributed by atoms with van der Waals surface area (Å²) in [6, 6.07) is 5.67. The normalized spacial score (nSPS) is 11.3. The molecule has 0 aliphatic rings. The first kappa shape index (κ1) is 17.4. The van der Waals surface area contributed by atoms with Gasteiger partial charge in [0.25, 0.3) is 0 Å². The molecule has 128 valence electrons. The molecule has 1 amide bonds. The van der Waals surface area contributed by atoms with E-state index in [2.05, 4.69) is 10.1 Å². The third kappa shape index (κ3) is 5.07. The first-order valence-corrected chi connectivity index (χ1v) is 6.74. The van der Waals surface area contributed by atoms with Crippen LogP contribution in [0.5, 0.6) is 0 Å². The second kappa shape index (κ2) is 7.11. The predicted molar refractivity (Wildman–Crippen MR) is 74.2 cm³/mol. The molecule has 1 heterocycles. The van der Waals surface area contributed by atoms with Gasteiger partial charge in [0.05, 0.1) is 6.42 Å². The fraction of sp³-hybridized carbons (Fsp3) is 0.286. The Morgan fingerprint density at radius 3 is 2.46 bits per heavy atom. The van der Waals surface area contributed by atoms with E-state index in [4.69, 9.17) is 9.63 Å². The number of halogens is 3. The molecule has 0 bridgehead atoms. The molecule has 10 heteroatoms. The number of rotatable bonds is 6. The highest BCUT2D eigenvalue weighted by atomic mass is 19.4. The molecule has 0 aliphatic carbocycles. The molecular weight excluding hydrogens is 331 g/mol. The number of anilines is 1. The van der Waals surface area contributed by atoms with Crippen LogP contribution in [0.4, 0.5) is 18.9 Å². The summed E-state index contributed by atoms with van der Waals surface area (Å²) in [4.78, 5) is 25.3. The number of hydrogen-bond acceptors (Lipinski definition) is 5. The minimum Gasteiger partial charge on any atom is -0.481 e. The number of aromatic nitrogens is 2. The summed E-state index contributed by atoms with van der Waals surface area (Å²) >= 11 is 0. The van der Waals surface area contributed by atoms with Gasteiger partial charge in [0.2, 0.25) is 5.89 Å². The minimum atomic E-state index is -4.95. The van der Waals surface area contributed by atoms with Gasteiger partial charge in [-0.05, 0) is 17.7 Å². The van der Waals surface area contributed by atoms with Gasteiger partial charge in [-0.2, -0.15) is 18.2 Å². The second-order valence-corrected chi connectivity index (χ2v) is 4.82. The second-order valence-electron chi connectivity index (χ2n) is 4.82. The molecule has 0 aliphatic heterocycles. The van der Waals surface area contributed by atoms with E-state index in [0.29, 0.717) is 11.4 Å². The summed E-state index contributed by atoms with van der Waals surface area (Å²) in [5.74, 6) is -2.51. The van der Waals surface area contributed by atoms with Gasteiger partial charge in [-0.25, -0.2) is 0 Å². The quantitative estimate of drug-likeness (QED) is 0.833. The number of hydrogen-bond donors (Lipinski definition) is 2. The highest BCUT2D eigenvalue weighted by Gasteiger charge is 2.38. The van der Waals surface area contributed by atoms with Crippen LogP contribution in [0.25, 0.3) is 0 Å². The number of aryl methyl sites for hydroxylation is 1. The molecule has 7 nitrogen and oxygen atoms in total. The van der Waals surface area contributed by atoms with Crippen molar-refractivity contribution in [2.45, 2.75) is 25.4 Å². The lowest BCUT2D eigenvalue weighted by molar-refractivity contribution is -0.167. The first-order chi connectivity index (χ1) is 11.2. The van der Waals surface area contributed by atoms with Crippen LogP contribution in [0.1, 0.15) is 23.7 Å². The Morgan fingerprint density at radius 1 is 1.21 bits per heavy atom. The van der Waals surface area contributed by atoms with Gasteiger partial charge in [-0.3, -0.25) is 9.59 Å². The van der Waals surface area contributed by atoms with Crippen LogP contribution in [-0.2, 0) is 22.4 Å². The summed E-state index contributed by atoms with van der Waals surface area (Å²) in [6.45, 7) is 0. The van der Waals surface area contributed by atoms with Crippen LogP contribution in [0.2, 0.25) is 0 Å². The lowest BCUT2D eigenvalue weighted by atomic mass is 10.1. The molecular formula is C14H12F3N3O4. The maximum absolute atomic E-state index is 12.1. The van der Waals surface area contributed by atoms with E-state index < -0.39 is 18.1 Å². The average Bonchev–Trinajstić information content (AvgIpc) is 2.94. The summed E-state index contributed by atoms with van der Waals surface area (Å²) in [5, 5.41) is 14.0. The van der Waals surface area contributed by atoms with Crippen LogP contribution < -0.4 is 5.32 Å². The summed E-state index contributed by atoms with van der Waals surface area (Å²) in [5.41, 5.74) is 0.696. The van der Waals surface area contributed by atoms with Crippen molar-refractivity contribution in [1.82, 2.24) is 10.1 Å². The molecule has 0 saturated heterocycles. The Bertz CT molecular complexity index is 726. The molecule has 1 aromatic heterocycles. The Balaban J connectivity index is 1.94. The lowest BCUT2D eigenvalue weighted by Crippen LogP contribution is -2.29. The van der Waals surface area contributed by atoms with Gasteiger partial charge in [-0.1, -0.05) is 17.3 Å². The SMILES string of the molecule is O=C(O)CCc1nc(Cc2ccc(NC(=O)C(F)(F)F)cc2)no1. The zero-order valence-corrected chi connectivity index (χ0v) is 12.1. The van der Waals surface area contributed by atoms with Crippen molar-refractivity contribution in [1.29, 1.82) is 0 Å². The standard InChI is InChI=1S/C14H12F3N3O4/c15-14(16,17)13(23)18-9-3-1-8(2-4-9)7-10-19-11(24-20-10)5-6-12(21)22/h1-4H,5-7H2,(H,18,23)(H,21,22). The molecule has 0 saturated carbocycles. The smallest absolute Gasteiger partial charge is 0.471 e. The topological polar surface area (TPSA) is 105 Å². The average molecular weight is 343 g/mol. The number of nitrogens with zero attached hydrogens (tertiary/aromatic N) is 2. The van der Waals surface area contributed by atoms with Gasteiger partial charge in [0.1, 0.15) is 0 Å². The highest BCUT2D eigenvalue weighted by molar-refractivity contribution is 5.94. The van der Waals surface area contributed by atoms with E-state index in [1.54, 1.807) is 5.32 Å². The van der Waals surface area contributed by atoms with Crippen molar-refractivity contribution in [2.24, 2.45) is 0 Å². The van der Waals surface area contributed by atoms with Crippen molar-refractivity contribution in [3.8, 4) is 0 Å². The molecule has 0 spiro atoms. The number of carbonyl (C=O) groups excluding carboxylic acids is 1. The van der Waals surface area contributed by atoms with E-state index in [0.717, 1.165) is 0 Å². The number of carboxylic acids is 1. The molecule has 2 aromatic rings. The third-order valence-corrected chi connectivity index (χ3v) is 2.89. The third-order valence-electron chi connectivity index (χ3n) is 2.89. The highest BCUT2D eigenvalue weighted by Crippen LogP contribution is 2.19. The first-order valence-electron chi connectivity index (χ1n) is 6.74. The fourth-order valence-electron chi connectivity index (χ4n) is 1.77. The van der Waals surface area contributed by atoms with Gasteiger partial charge in [-0.15, -0.1) is 0 Å². The van der Waals surface area contributed by atoms with Crippen molar-refractivity contribution < 1.29 is 32.4 Å². The molecule has 1 aromatic carbocycles. The number of carboxylic acid groups (broad SMARTS) is 1. The fourth-order valence-corrected chi connectivity index (χ4v) is 1.77. The number of nitrogens with one attached hydrogen (secondary N) is 1. The van der Waals surface area contributed by atoms with Gasteiger partial charge in [0, 0.05) is 18.5 Å². The number of benzene rings is 1. The Kier molecular flexibility index (Phi) is 5.17. The van der Waals surface area contributed by atoms with Gasteiger partial charge >= 0.3 is 18.1 Å². The van der Waals surface area contributed by atoms with Crippen LogP contribution in [0, 0.1) is 0 Å². The minimum absolute atomic E-state index is 0.0105. The monoisotopic (exact) mass is 343 g/mol. The zero-order valence-electron chi connectivity index (χ0n) is 12.1. The largest absolute Gasteiger partial charge is 0.481 e. The number of alkyl halides is 3. The summed E-state index contributed by atoms with van der Waals surface area (Å²) < 4.78 is 41.3. The Hall–Kier alpha value is -2.91. The molecule has 0 radical (unpaired) electrons. The molecule has 2 N–H and O–H groups in total. The molecule has 24 heavy (non-hydrogen) atoms. The van der Waals surface area contributed by atoms with Crippen molar-refractivity contribution in [3.63, 3.8) is 0 Å². The van der Waals surface area contributed by atoms with E-state index in [1.807, 2.05) is 0 Å². The number of amides is 1. The predicted octanol–water partition coefficient (Wildman–Crippen LogP) is 2.18. The van der Waals surface area contributed by atoms with Crippen LogP contribution in [0.3, 0.4) is 0 Å². The van der Waals surface area contributed by atoms with Crippen LogP contribution in [0.15, 0.2) is 28.8 Å². The maximum Gasteiger partial charge on any atom is 0.471 e. The zero-order chi connectivity index (χ0) is 17.7. The van der Waals surface area contributed by atoms with E-state index in [9.17, 15) is 22.8 Å². The summed E-state index contributed by atoms with van der Waals surface area (Å²) in [7, 11) is 0. The van der Waals surface area contributed by atoms with Crippen LogP contribution in [-0.4, -0.2) is 33.3 Å². The number of carbonyl (C=O) groups is 2. The summed E-state index contributed by atoms with van der Waals surface area (Å²) in [6.07, 6.45) is -4.71. The lowest BCUT2D eigenvalue weighted by Gasteiger charge is -2.08. The van der Waals surface area contributed by atoms with Gasteiger partial charge < -0.3 is 14.9 Å². The van der Waals surface area contributed by atoms with E-state index in [-0.39, 0.29) is 30.8 Å². The van der Waals surface area contributed by atoms with Crippen molar-refractivity contribution in [3.05, 3.63) is 41.5 Å². The van der Waals surface area contributed by atoms with E-state index >= 15 is 0 Å². The van der Waals surface area contributed by atoms with Crippen molar-refractivity contribution >= 4 is 17.6 Å². The molecule has 0 unspecified atom stereocenters. The molecule has 2 rings (SSSR count).